The van der Waals surface area contributed by atoms with Gasteiger partial charge in [-0.1, -0.05) is 12.1 Å². The Kier molecular flexibility index (Phi) is 2.99. The Morgan fingerprint density at radius 1 is 1.62 bits per heavy atom. The number of rotatable bonds is 2. The van der Waals surface area contributed by atoms with E-state index < -0.39 is 0 Å². The summed E-state index contributed by atoms with van der Waals surface area (Å²) in [6.07, 6.45) is 3.31. The summed E-state index contributed by atoms with van der Waals surface area (Å²) in [7, 11) is 1.87. The van der Waals surface area contributed by atoms with Crippen molar-refractivity contribution in [2.75, 3.05) is 13.6 Å². The van der Waals surface area contributed by atoms with Crippen LogP contribution >= 0.6 is 0 Å². The van der Waals surface area contributed by atoms with Crippen LogP contribution in [0.2, 0.25) is 0 Å². The lowest BCUT2D eigenvalue weighted by atomic mass is 9.82. The van der Waals surface area contributed by atoms with Crippen LogP contribution in [0.4, 0.5) is 0 Å². The molecule has 88 valence electrons. The van der Waals surface area contributed by atoms with Gasteiger partial charge in [-0.05, 0) is 25.2 Å². The molecule has 1 aliphatic rings. The molecule has 1 saturated heterocycles. The summed E-state index contributed by atoms with van der Waals surface area (Å²) >= 11 is 0. The Hall–Kier alpha value is -1.32. The molecule has 1 unspecified atom stereocenters. The maximum atomic E-state index is 11.7. The van der Waals surface area contributed by atoms with Crippen molar-refractivity contribution in [3.63, 3.8) is 0 Å². The molecule has 0 saturated carbocycles. The summed E-state index contributed by atoms with van der Waals surface area (Å²) in [5.74, 6) is 2.08. The van der Waals surface area contributed by atoms with E-state index in [-0.39, 0.29) is 5.91 Å². The van der Waals surface area contributed by atoms with Crippen LogP contribution in [0.3, 0.4) is 0 Å². The van der Waals surface area contributed by atoms with Gasteiger partial charge in [0.25, 0.3) is 0 Å². The first-order chi connectivity index (χ1) is 7.58. The van der Waals surface area contributed by atoms with Crippen molar-refractivity contribution in [3.05, 3.63) is 17.5 Å². The van der Waals surface area contributed by atoms with Crippen LogP contribution < -0.4 is 0 Å². The minimum atomic E-state index is 0.247. The third-order valence-corrected chi connectivity index (χ3v) is 3.56. The molecule has 2 atom stereocenters. The molecular weight excluding hydrogens is 204 g/mol. The third-order valence-electron chi connectivity index (χ3n) is 3.56. The Bertz CT molecular complexity index is 386. The Morgan fingerprint density at radius 3 is 3.00 bits per heavy atom. The minimum Gasteiger partial charge on any atom is -0.361 e. The van der Waals surface area contributed by atoms with Crippen molar-refractivity contribution in [2.45, 2.75) is 26.7 Å². The third kappa shape index (κ3) is 2.10. The highest BCUT2D eigenvalue weighted by molar-refractivity contribution is 5.77. The molecule has 0 spiro atoms. The number of piperidine rings is 1. The fourth-order valence-electron chi connectivity index (χ4n) is 2.33. The largest absolute Gasteiger partial charge is 0.361 e. The Balaban J connectivity index is 2.05. The summed E-state index contributed by atoms with van der Waals surface area (Å²) in [5.41, 5.74) is 1.13. The molecule has 4 nitrogen and oxygen atoms in total. The first kappa shape index (κ1) is 11.2. The molecule has 0 N–H and O–H groups in total. The van der Waals surface area contributed by atoms with Crippen molar-refractivity contribution in [3.8, 4) is 0 Å². The average Bonchev–Trinajstić information content (AvgIpc) is 2.61. The predicted molar refractivity (Wildman–Crippen MR) is 59.9 cm³/mol. The zero-order chi connectivity index (χ0) is 11.7. The lowest BCUT2D eigenvalue weighted by Crippen LogP contribution is -2.41. The van der Waals surface area contributed by atoms with Crippen molar-refractivity contribution >= 4 is 5.91 Å². The van der Waals surface area contributed by atoms with E-state index in [9.17, 15) is 4.79 Å². The van der Waals surface area contributed by atoms with Gasteiger partial charge in [0.1, 0.15) is 5.76 Å². The van der Waals surface area contributed by atoms with Crippen LogP contribution in [0, 0.1) is 18.8 Å². The SMILES string of the molecule is Cc1oncc1CC1CC(=O)N(C)C[C@@H]1C. The topological polar surface area (TPSA) is 46.3 Å². The molecule has 2 rings (SSSR count). The zero-order valence-corrected chi connectivity index (χ0v) is 10.1. The molecule has 2 heterocycles. The standard InChI is InChI=1S/C12H18N2O2/c1-8-7-14(3)12(15)5-10(8)4-11-6-13-16-9(11)2/h6,8,10H,4-5,7H2,1-3H3/t8-,10?/m0/s1. The molecule has 0 bridgehead atoms. The van der Waals surface area contributed by atoms with Crippen LogP contribution in [-0.2, 0) is 11.2 Å². The van der Waals surface area contributed by atoms with Gasteiger partial charge in [0.05, 0.1) is 6.20 Å². The second-order valence-electron chi connectivity index (χ2n) is 4.83. The van der Waals surface area contributed by atoms with Gasteiger partial charge in [0.15, 0.2) is 0 Å². The molecule has 4 heteroatoms. The Morgan fingerprint density at radius 2 is 2.38 bits per heavy atom. The van der Waals surface area contributed by atoms with E-state index in [0.29, 0.717) is 18.3 Å². The predicted octanol–water partition coefficient (Wildman–Crippen LogP) is 1.64. The van der Waals surface area contributed by atoms with E-state index in [1.54, 1.807) is 6.20 Å². The van der Waals surface area contributed by atoms with Gasteiger partial charge in [-0.2, -0.15) is 0 Å². The highest BCUT2D eigenvalue weighted by Gasteiger charge is 2.30. The van der Waals surface area contributed by atoms with Crippen LogP contribution in [0.25, 0.3) is 0 Å². The fourth-order valence-corrected chi connectivity index (χ4v) is 2.33. The van der Waals surface area contributed by atoms with Crippen molar-refractivity contribution in [1.82, 2.24) is 10.1 Å². The number of carbonyl (C=O) groups is 1. The first-order valence-electron chi connectivity index (χ1n) is 5.72. The number of hydrogen-bond donors (Lipinski definition) is 0. The number of likely N-dealkylation sites (tertiary alicyclic amines) is 1. The smallest absolute Gasteiger partial charge is 0.222 e. The number of nitrogens with zero attached hydrogens (tertiary/aromatic N) is 2. The van der Waals surface area contributed by atoms with Crippen LogP contribution in [0.15, 0.2) is 10.7 Å². The maximum absolute atomic E-state index is 11.7. The zero-order valence-electron chi connectivity index (χ0n) is 10.1. The van der Waals surface area contributed by atoms with Crippen LogP contribution in [0.1, 0.15) is 24.7 Å². The second-order valence-corrected chi connectivity index (χ2v) is 4.83. The van der Waals surface area contributed by atoms with Crippen LogP contribution in [0.5, 0.6) is 0 Å². The molecule has 0 aliphatic carbocycles. The highest BCUT2D eigenvalue weighted by Crippen LogP contribution is 2.27. The quantitative estimate of drug-likeness (QED) is 0.764. The van der Waals surface area contributed by atoms with E-state index in [1.165, 1.54) is 0 Å². The van der Waals surface area contributed by atoms with Gasteiger partial charge in [0, 0.05) is 25.6 Å². The molecule has 16 heavy (non-hydrogen) atoms. The number of carbonyl (C=O) groups excluding carboxylic acids is 1. The molecule has 0 radical (unpaired) electrons. The number of amides is 1. The summed E-state index contributed by atoms with van der Waals surface area (Å²) in [4.78, 5) is 13.5. The van der Waals surface area contributed by atoms with Gasteiger partial charge >= 0.3 is 0 Å². The van der Waals surface area contributed by atoms with E-state index >= 15 is 0 Å². The molecular formula is C12H18N2O2. The van der Waals surface area contributed by atoms with E-state index in [1.807, 2.05) is 18.9 Å². The summed E-state index contributed by atoms with van der Waals surface area (Å²) in [6.45, 7) is 4.98. The lowest BCUT2D eigenvalue weighted by molar-refractivity contribution is -0.135. The maximum Gasteiger partial charge on any atom is 0.222 e. The first-order valence-corrected chi connectivity index (χ1v) is 5.72. The van der Waals surface area contributed by atoms with E-state index in [0.717, 1.165) is 24.3 Å². The molecule has 1 aliphatic heterocycles. The highest BCUT2D eigenvalue weighted by atomic mass is 16.5. The van der Waals surface area contributed by atoms with Crippen LogP contribution in [-0.4, -0.2) is 29.6 Å². The summed E-state index contributed by atoms with van der Waals surface area (Å²) in [6, 6.07) is 0. The number of aryl methyl sites for hydroxylation is 1. The van der Waals surface area contributed by atoms with Crippen molar-refractivity contribution in [2.24, 2.45) is 11.8 Å². The average molecular weight is 222 g/mol. The normalized spacial score (nSPS) is 26.2. The molecule has 1 aromatic rings. The van der Waals surface area contributed by atoms with Gasteiger partial charge in [0.2, 0.25) is 5.91 Å². The number of aromatic nitrogens is 1. The van der Waals surface area contributed by atoms with Gasteiger partial charge in [-0.25, -0.2) is 0 Å². The van der Waals surface area contributed by atoms with Gasteiger partial charge in [-0.3, -0.25) is 4.79 Å². The van der Waals surface area contributed by atoms with Gasteiger partial charge in [-0.15, -0.1) is 0 Å². The summed E-state index contributed by atoms with van der Waals surface area (Å²) < 4.78 is 5.04. The molecule has 0 aromatic carbocycles. The fraction of sp³-hybridized carbons (Fsp3) is 0.667. The molecule has 1 aromatic heterocycles. The minimum absolute atomic E-state index is 0.247. The Labute approximate surface area is 95.6 Å². The number of hydrogen-bond acceptors (Lipinski definition) is 3. The van der Waals surface area contributed by atoms with Crippen molar-refractivity contribution < 1.29 is 9.32 Å². The van der Waals surface area contributed by atoms with E-state index in [4.69, 9.17) is 4.52 Å². The lowest BCUT2D eigenvalue weighted by Gasteiger charge is -2.34. The van der Waals surface area contributed by atoms with E-state index in [2.05, 4.69) is 12.1 Å². The second kappa shape index (κ2) is 4.28. The molecule has 1 amide bonds. The summed E-state index contributed by atoms with van der Waals surface area (Å²) in [5, 5.41) is 3.78. The molecule has 1 fully saturated rings. The van der Waals surface area contributed by atoms with Gasteiger partial charge < -0.3 is 9.42 Å². The van der Waals surface area contributed by atoms with Crippen molar-refractivity contribution in [1.29, 1.82) is 0 Å². The monoisotopic (exact) mass is 222 g/mol.